The topological polar surface area (TPSA) is 60.5 Å². The number of hydrogen-bond acceptors (Lipinski definition) is 5. The van der Waals surface area contributed by atoms with Gasteiger partial charge in [0.2, 0.25) is 0 Å². The van der Waals surface area contributed by atoms with Gasteiger partial charge in [-0.15, -0.1) is 11.3 Å². The number of nitrogens with one attached hydrogen (secondary N) is 1. The third-order valence-corrected chi connectivity index (χ3v) is 5.32. The molecular formula is C17H21BrN2O3S. The number of hydrogen-bond donors (Lipinski definition) is 1. The number of aromatic nitrogens is 1. The van der Waals surface area contributed by atoms with Crippen LogP contribution < -0.4 is 14.8 Å². The average molecular weight is 413 g/mol. The second-order valence-corrected chi connectivity index (χ2v) is 7.84. The molecule has 0 unspecified atom stereocenters. The van der Waals surface area contributed by atoms with Gasteiger partial charge in [0.1, 0.15) is 5.69 Å². The molecule has 2 rings (SSSR count). The van der Waals surface area contributed by atoms with Gasteiger partial charge in [-0.2, -0.15) is 0 Å². The Morgan fingerprint density at radius 1 is 1.29 bits per heavy atom. The second kappa shape index (κ2) is 8.48. The highest BCUT2D eigenvalue weighted by molar-refractivity contribution is 9.11. The van der Waals surface area contributed by atoms with Crippen LogP contribution in [-0.4, -0.2) is 31.7 Å². The minimum absolute atomic E-state index is 0.138. The molecule has 130 valence electrons. The van der Waals surface area contributed by atoms with E-state index in [9.17, 15) is 4.79 Å². The van der Waals surface area contributed by atoms with E-state index in [-0.39, 0.29) is 11.8 Å². The van der Waals surface area contributed by atoms with Crippen molar-refractivity contribution in [3.8, 4) is 11.5 Å². The summed E-state index contributed by atoms with van der Waals surface area (Å²) in [5, 5.41) is 2.93. The lowest BCUT2D eigenvalue weighted by Gasteiger charge is -2.10. The third kappa shape index (κ3) is 4.48. The van der Waals surface area contributed by atoms with Crippen LogP contribution in [0.1, 0.15) is 40.7 Å². The highest BCUT2D eigenvalue weighted by Gasteiger charge is 2.19. The Morgan fingerprint density at radius 3 is 2.62 bits per heavy atom. The predicted octanol–water partition coefficient (Wildman–Crippen LogP) is 4.02. The Labute approximate surface area is 154 Å². The summed E-state index contributed by atoms with van der Waals surface area (Å²) in [6.07, 6.45) is 0.703. The molecule has 0 aliphatic rings. The van der Waals surface area contributed by atoms with E-state index in [1.165, 1.54) is 11.3 Å². The molecule has 0 radical (unpaired) electrons. The maximum Gasteiger partial charge on any atom is 0.271 e. The fourth-order valence-corrected chi connectivity index (χ4v) is 3.79. The molecule has 1 amide bonds. The van der Waals surface area contributed by atoms with Crippen LogP contribution in [0.3, 0.4) is 0 Å². The van der Waals surface area contributed by atoms with Crippen LogP contribution in [0.25, 0.3) is 0 Å². The molecule has 0 fully saturated rings. The van der Waals surface area contributed by atoms with Crippen molar-refractivity contribution in [2.75, 3.05) is 20.8 Å². The molecule has 1 N–H and O–H groups in total. The molecule has 7 heteroatoms. The SMILES string of the molecule is COc1ccc(CCNC(=O)c2nc(Br)sc2C(C)C)cc1OC. The second-order valence-electron chi connectivity index (χ2n) is 5.53. The molecule has 0 atom stereocenters. The van der Waals surface area contributed by atoms with Crippen molar-refractivity contribution < 1.29 is 14.3 Å². The monoisotopic (exact) mass is 412 g/mol. The summed E-state index contributed by atoms with van der Waals surface area (Å²) in [6.45, 7) is 4.64. The summed E-state index contributed by atoms with van der Waals surface area (Å²) in [4.78, 5) is 17.6. The normalized spacial score (nSPS) is 10.8. The molecule has 0 saturated carbocycles. The van der Waals surface area contributed by atoms with Crippen LogP contribution in [0.15, 0.2) is 22.1 Å². The number of amides is 1. The van der Waals surface area contributed by atoms with Gasteiger partial charge in [-0.3, -0.25) is 4.79 Å². The summed E-state index contributed by atoms with van der Waals surface area (Å²) >= 11 is 4.86. The Hall–Kier alpha value is -1.60. The van der Waals surface area contributed by atoms with Crippen LogP contribution in [0, 0.1) is 0 Å². The zero-order valence-electron chi connectivity index (χ0n) is 14.2. The molecule has 0 saturated heterocycles. The molecule has 5 nitrogen and oxygen atoms in total. The first-order valence-corrected chi connectivity index (χ1v) is 9.22. The van der Waals surface area contributed by atoms with E-state index in [0.717, 1.165) is 14.4 Å². The molecule has 0 spiro atoms. The van der Waals surface area contributed by atoms with Crippen LogP contribution in [-0.2, 0) is 6.42 Å². The van der Waals surface area contributed by atoms with Crippen molar-refractivity contribution >= 4 is 33.2 Å². The van der Waals surface area contributed by atoms with E-state index in [0.29, 0.717) is 30.2 Å². The Kier molecular flexibility index (Phi) is 6.62. The Bertz CT molecular complexity index is 716. The molecule has 2 aromatic rings. The molecule has 24 heavy (non-hydrogen) atoms. The molecule has 1 aromatic carbocycles. The van der Waals surface area contributed by atoms with Gasteiger partial charge in [-0.1, -0.05) is 19.9 Å². The van der Waals surface area contributed by atoms with Gasteiger partial charge in [-0.05, 0) is 46.0 Å². The van der Waals surface area contributed by atoms with E-state index < -0.39 is 0 Å². The van der Waals surface area contributed by atoms with Crippen LogP contribution in [0.2, 0.25) is 0 Å². The van der Waals surface area contributed by atoms with Gasteiger partial charge >= 0.3 is 0 Å². The molecule has 1 heterocycles. The standard InChI is InChI=1S/C17H21BrN2O3S/c1-10(2)15-14(20-17(18)24-15)16(21)19-8-7-11-5-6-12(22-3)13(9-11)23-4/h5-6,9-10H,7-8H2,1-4H3,(H,19,21). The quantitative estimate of drug-likeness (QED) is 0.745. The number of halogens is 1. The lowest BCUT2D eigenvalue weighted by molar-refractivity contribution is 0.0948. The van der Waals surface area contributed by atoms with E-state index in [1.807, 2.05) is 18.2 Å². The molecule has 0 aliphatic carbocycles. The largest absolute Gasteiger partial charge is 0.493 e. The summed E-state index contributed by atoms with van der Waals surface area (Å²) in [7, 11) is 3.22. The van der Waals surface area contributed by atoms with Crippen LogP contribution in [0.5, 0.6) is 11.5 Å². The van der Waals surface area contributed by atoms with Crippen molar-refractivity contribution in [1.82, 2.24) is 10.3 Å². The van der Waals surface area contributed by atoms with Crippen LogP contribution >= 0.6 is 27.3 Å². The van der Waals surface area contributed by atoms with Gasteiger partial charge in [-0.25, -0.2) is 4.98 Å². The van der Waals surface area contributed by atoms with E-state index in [2.05, 4.69) is 40.1 Å². The van der Waals surface area contributed by atoms with Crippen molar-refractivity contribution in [3.63, 3.8) is 0 Å². The number of carbonyl (C=O) groups excluding carboxylic acids is 1. The lowest BCUT2D eigenvalue weighted by Crippen LogP contribution is -2.27. The van der Waals surface area contributed by atoms with Gasteiger partial charge in [0.05, 0.1) is 14.2 Å². The zero-order valence-corrected chi connectivity index (χ0v) is 16.6. The number of carbonyl (C=O) groups is 1. The van der Waals surface area contributed by atoms with Gasteiger partial charge in [0.25, 0.3) is 5.91 Å². The third-order valence-electron chi connectivity index (χ3n) is 3.51. The minimum Gasteiger partial charge on any atom is -0.493 e. The smallest absolute Gasteiger partial charge is 0.271 e. The maximum absolute atomic E-state index is 12.4. The van der Waals surface area contributed by atoms with Gasteiger partial charge < -0.3 is 14.8 Å². The summed E-state index contributed by atoms with van der Waals surface area (Å²) in [5.41, 5.74) is 1.57. The zero-order chi connectivity index (χ0) is 17.7. The van der Waals surface area contributed by atoms with Crippen molar-refractivity contribution in [2.45, 2.75) is 26.2 Å². The number of benzene rings is 1. The fourth-order valence-electron chi connectivity index (χ4n) is 2.30. The summed E-state index contributed by atoms with van der Waals surface area (Å²) in [6, 6.07) is 5.75. The highest BCUT2D eigenvalue weighted by atomic mass is 79.9. The molecular weight excluding hydrogens is 392 g/mol. The van der Waals surface area contributed by atoms with E-state index in [4.69, 9.17) is 9.47 Å². The molecule has 0 aliphatic heterocycles. The van der Waals surface area contributed by atoms with E-state index in [1.54, 1.807) is 14.2 Å². The minimum atomic E-state index is -0.138. The van der Waals surface area contributed by atoms with Crippen molar-refractivity contribution in [1.29, 1.82) is 0 Å². The van der Waals surface area contributed by atoms with Gasteiger partial charge in [0, 0.05) is 11.4 Å². The first-order valence-electron chi connectivity index (χ1n) is 7.61. The Balaban J connectivity index is 1.98. The average Bonchev–Trinajstić information content (AvgIpc) is 2.97. The number of methoxy groups -OCH3 is 2. The molecule has 0 bridgehead atoms. The maximum atomic E-state index is 12.4. The first kappa shape index (κ1) is 18.7. The number of rotatable bonds is 7. The van der Waals surface area contributed by atoms with Crippen molar-refractivity contribution in [2.24, 2.45) is 0 Å². The summed E-state index contributed by atoms with van der Waals surface area (Å²) < 4.78 is 11.2. The van der Waals surface area contributed by atoms with Crippen LogP contribution in [0.4, 0.5) is 0 Å². The lowest BCUT2D eigenvalue weighted by atomic mass is 10.1. The van der Waals surface area contributed by atoms with Crippen molar-refractivity contribution in [3.05, 3.63) is 38.3 Å². The molecule has 1 aromatic heterocycles. The number of ether oxygens (including phenoxy) is 2. The highest BCUT2D eigenvalue weighted by Crippen LogP contribution is 2.30. The number of thiazole rings is 1. The van der Waals surface area contributed by atoms with Gasteiger partial charge in [0.15, 0.2) is 15.4 Å². The Morgan fingerprint density at radius 2 is 2.00 bits per heavy atom. The summed E-state index contributed by atoms with van der Waals surface area (Å²) in [5.74, 6) is 1.51. The van der Waals surface area contributed by atoms with E-state index >= 15 is 0 Å². The predicted molar refractivity (Wildman–Crippen MR) is 99.5 cm³/mol. The number of nitrogens with zero attached hydrogens (tertiary/aromatic N) is 1. The first-order chi connectivity index (χ1) is 11.5. The fraction of sp³-hybridized carbons (Fsp3) is 0.412.